The van der Waals surface area contributed by atoms with Gasteiger partial charge in [0, 0.05) is 5.56 Å². The number of ketones is 1. The molecule has 0 fully saturated rings. The number of Topliss-reactive ketones (excluding diaryl/α,β-unsaturated/α-hetero) is 1. The first-order valence-electron chi connectivity index (χ1n) is 4.58. The second-order valence-corrected chi connectivity index (χ2v) is 3.19. The lowest BCUT2D eigenvalue weighted by Crippen LogP contribution is -2.23. The molecular weight excluding hydrogens is 193 g/mol. The lowest BCUT2D eigenvalue weighted by molar-refractivity contribution is 0.0991. The molecule has 0 heterocycles. The van der Waals surface area contributed by atoms with Gasteiger partial charge in [-0.2, -0.15) is 0 Å². The molecular formula is C12H12FNO. The van der Waals surface area contributed by atoms with Crippen molar-refractivity contribution in [3.8, 4) is 12.3 Å². The molecule has 0 aliphatic carbocycles. The number of benzene rings is 1. The molecule has 78 valence electrons. The highest BCUT2D eigenvalue weighted by molar-refractivity contribution is 5.98. The van der Waals surface area contributed by atoms with Crippen molar-refractivity contribution in [1.82, 2.24) is 5.32 Å². The molecule has 3 heteroatoms. The van der Waals surface area contributed by atoms with Crippen LogP contribution in [0, 0.1) is 25.1 Å². The minimum Gasteiger partial charge on any atom is -0.299 e. The molecule has 1 aromatic carbocycles. The Hall–Kier alpha value is -1.66. The first-order valence-corrected chi connectivity index (χ1v) is 4.58. The summed E-state index contributed by atoms with van der Waals surface area (Å²) in [4.78, 5) is 11.6. The Bertz CT molecular complexity index is 407. The van der Waals surface area contributed by atoms with Gasteiger partial charge in [-0.25, -0.2) is 4.39 Å². The number of nitrogens with one attached hydrogen (secondary N) is 1. The quantitative estimate of drug-likeness (QED) is 0.459. The van der Waals surface area contributed by atoms with Crippen LogP contribution >= 0.6 is 0 Å². The Morgan fingerprint density at radius 1 is 1.60 bits per heavy atom. The molecule has 0 atom stereocenters. The maximum Gasteiger partial charge on any atom is 0.176 e. The molecule has 0 spiro atoms. The SMILES string of the molecule is C#CCNCC(=O)c1cc(F)ccc1C. The third kappa shape index (κ3) is 3.19. The van der Waals surface area contributed by atoms with Crippen molar-refractivity contribution in [3.05, 3.63) is 35.1 Å². The highest BCUT2D eigenvalue weighted by Gasteiger charge is 2.09. The van der Waals surface area contributed by atoms with E-state index in [0.29, 0.717) is 12.1 Å². The average Bonchev–Trinajstić information content (AvgIpc) is 2.22. The summed E-state index contributed by atoms with van der Waals surface area (Å²) in [6.07, 6.45) is 5.02. The van der Waals surface area contributed by atoms with E-state index in [9.17, 15) is 9.18 Å². The summed E-state index contributed by atoms with van der Waals surface area (Å²) in [7, 11) is 0. The van der Waals surface area contributed by atoms with E-state index in [2.05, 4.69) is 11.2 Å². The summed E-state index contributed by atoms with van der Waals surface area (Å²) >= 11 is 0. The van der Waals surface area contributed by atoms with Gasteiger partial charge >= 0.3 is 0 Å². The van der Waals surface area contributed by atoms with Crippen molar-refractivity contribution >= 4 is 5.78 Å². The molecule has 15 heavy (non-hydrogen) atoms. The molecule has 0 saturated carbocycles. The zero-order chi connectivity index (χ0) is 11.3. The number of hydrogen-bond acceptors (Lipinski definition) is 2. The van der Waals surface area contributed by atoms with E-state index in [0.717, 1.165) is 5.56 Å². The highest BCUT2D eigenvalue weighted by Crippen LogP contribution is 2.10. The van der Waals surface area contributed by atoms with Crippen LogP contribution in [0.2, 0.25) is 0 Å². The Morgan fingerprint density at radius 3 is 3.00 bits per heavy atom. The number of terminal acetylenes is 1. The van der Waals surface area contributed by atoms with Gasteiger partial charge in [-0.1, -0.05) is 12.0 Å². The Balaban J connectivity index is 2.73. The lowest BCUT2D eigenvalue weighted by Gasteiger charge is -2.04. The Morgan fingerprint density at radius 2 is 2.33 bits per heavy atom. The van der Waals surface area contributed by atoms with Gasteiger partial charge in [0.2, 0.25) is 0 Å². The Kier molecular flexibility index (Phi) is 4.02. The van der Waals surface area contributed by atoms with Gasteiger partial charge in [0.25, 0.3) is 0 Å². The second-order valence-electron chi connectivity index (χ2n) is 3.19. The highest BCUT2D eigenvalue weighted by atomic mass is 19.1. The van der Waals surface area contributed by atoms with Crippen LogP contribution in [0.5, 0.6) is 0 Å². The molecule has 0 aliphatic heterocycles. The van der Waals surface area contributed by atoms with Crippen LogP contribution in [0.4, 0.5) is 4.39 Å². The summed E-state index contributed by atoms with van der Waals surface area (Å²) in [5, 5.41) is 2.77. The standard InChI is InChI=1S/C12H12FNO/c1-3-6-14-8-12(15)11-7-10(13)5-4-9(11)2/h1,4-5,7,14H,6,8H2,2H3. The van der Waals surface area contributed by atoms with E-state index >= 15 is 0 Å². The van der Waals surface area contributed by atoms with Crippen LogP contribution in [-0.2, 0) is 0 Å². The molecule has 0 bridgehead atoms. The van der Waals surface area contributed by atoms with Crippen LogP contribution in [0.1, 0.15) is 15.9 Å². The van der Waals surface area contributed by atoms with E-state index in [4.69, 9.17) is 6.42 Å². The zero-order valence-electron chi connectivity index (χ0n) is 8.51. The fourth-order valence-electron chi connectivity index (χ4n) is 1.24. The molecule has 1 rings (SSSR count). The first-order chi connectivity index (χ1) is 7.15. The van der Waals surface area contributed by atoms with Crippen LogP contribution < -0.4 is 5.32 Å². The van der Waals surface area contributed by atoms with Gasteiger partial charge in [0.05, 0.1) is 13.1 Å². The summed E-state index contributed by atoms with van der Waals surface area (Å²) in [5.41, 5.74) is 1.17. The van der Waals surface area contributed by atoms with Gasteiger partial charge in [-0.05, 0) is 24.6 Å². The normalized spacial score (nSPS) is 9.67. The minimum atomic E-state index is -0.402. The van der Waals surface area contributed by atoms with Gasteiger partial charge in [-0.15, -0.1) is 6.42 Å². The van der Waals surface area contributed by atoms with Crippen LogP contribution in [0.15, 0.2) is 18.2 Å². The van der Waals surface area contributed by atoms with Crippen molar-refractivity contribution in [3.63, 3.8) is 0 Å². The van der Waals surface area contributed by atoms with Crippen molar-refractivity contribution in [1.29, 1.82) is 0 Å². The van der Waals surface area contributed by atoms with E-state index in [1.807, 2.05) is 0 Å². The third-order valence-corrected chi connectivity index (χ3v) is 2.01. The summed E-state index contributed by atoms with van der Waals surface area (Å²) in [6, 6.07) is 4.17. The van der Waals surface area contributed by atoms with Crippen molar-refractivity contribution in [2.75, 3.05) is 13.1 Å². The molecule has 0 aromatic heterocycles. The van der Waals surface area contributed by atoms with E-state index in [-0.39, 0.29) is 12.3 Å². The number of rotatable bonds is 4. The topological polar surface area (TPSA) is 29.1 Å². The number of hydrogen-bond donors (Lipinski definition) is 1. The molecule has 1 aromatic rings. The monoisotopic (exact) mass is 205 g/mol. The van der Waals surface area contributed by atoms with E-state index in [1.165, 1.54) is 12.1 Å². The fraction of sp³-hybridized carbons (Fsp3) is 0.250. The van der Waals surface area contributed by atoms with Gasteiger partial charge in [0.15, 0.2) is 5.78 Å². The average molecular weight is 205 g/mol. The number of halogens is 1. The molecule has 0 radical (unpaired) electrons. The molecule has 1 N–H and O–H groups in total. The lowest BCUT2D eigenvalue weighted by atomic mass is 10.0. The molecule has 0 saturated heterocycles. The maximum atomic E-state index is 12.9. The largest absolute Gasteiger partial charge is 0.299 e. The second kappa shape index (κ2) is 5.28. The predicted octanol–water partition coefficient (Wildman–Crippen LogP) is 1.54. The van der Waals surface area contributed by atoms with Crippen molar-refractivity contribution < 1.29 is 9.18 Å². The first kappa shape index (κ1) is 11.4. The molecule has 0 unspecified atom stereocenters. The van der Waals surface area contributed by atoms with Crippen molar-refractivity contribution in [2.45, 2.75) is 6.92 Å². The molecule has 0 aliphatic rings. The molecule has 0 amide bonds. The van der Waals surface area contributed by atoms with Crippen LogP contribution in [0.3, 0.4) is 0 Å². The minimum absolute atomic E-state index is 0.133. The van der Waals surface area contributed by atoms with E-state index < -0.39 is 5.82 Å². The predicted molar refractivity (Wildman–Crippen MR) is 57.2 cm³/mol. The maximum absolute atomic E-state index is 12.9. The summed E-state index contributed by atoms with van der Waals surface area (Å²) < 4.78 is 12.9. The number of carbonyl (C=O) groups is 1. The number of aryl methyl sites for hydroxylation is 1. The fourth-order valence-corrected chi connectivity index (χ4v) is 1.24. The van der Waals surface area contributed by atoms with E-state index in [1.54, 1.807) is 13.0 Å². The Labute approximate surface area is 88.5 Å². The summed E-state index contributed by atoms with van der Waals surface area (Å²) in [5.74, 6) is 1.81. The van der Waals surface area contributed by atoms with Gasteiger partial charge in [0.1, 0.15) is 5.82 Å². The van der Waals surface area contributed by atoms with Crippen LogP contribution in [-0.4, -0.2) is 18.9 Å². The summed E-state index contributed by atoms with van der Waals surface area (Å²) in [6.45, 7) is 2.24. The number of carbonyl (C=O) groups excluding carboxylic acids is 1. The van der Waals surface area contributed by atoms with Crippen molar-refractivity contribution in [2.24, 2.45) is 0 Å². The van der Waals surface area contributed by atoms with Gasteiger partial charge in [-0.3, -0.25) is 10.1 Å². The van der Waals surface area contributed by atoms with Crippen LogP contribution in [0.25, 0.3) is 0 Å². The zero-order valence-corrected chi connectivity index (χ0v) is 8.51. The smallest absolute Gasteiger partial charge is 0.176 e. The van der Waals surface area contributed by atoms with Gasteiger partial charge < -0.3 is 0 Å². The third-order valence-electron chi connectivity index (χ3n) is 2.01. The molecule has 2 nitrogen and oxygen atoms in total.